The highest BCUT2D eigenvalue weighted by Gasteiger charge is 2.34. The van der Waals surface area contributed by atoms with Crippen molar-refractivity contribution in [2.45, 2.75) is 32.4 Å². The molecular weight excluding hydrogens is 264 g/mol. The molecule has 0 saturated carbocycles. The molecule has 0 amide bonds. The lowest BCUT2D eigenvalue weighted by atomic mass is 10.0. The van der Waals surface area contributed by atoms with E-state index in [1.54, 1.807) is 0 Å². The summed E-state index contributed by atoms with van der Waals surface area (Å²) in [6.45, 7) is 5.12. The molecule has 7 nitrogen and oxygen atoms in total. The summed E-state index contributed by atoms with van der Waals surface area (Å²) in [6, 6.07) is 5.48. The number of ether oxygens (including phenoxy) is 1. The van der Waals surface area contributed by atoms with Gasteiger partial charge in [-0.2, -0.15) is 0 Å². The van der Waals surface area contributed by atoms with Crippen LogP contribution >= 0.6 is 0 Å². The molecule has 0 bridgehead atoms. The summed E-state index contributed by atoms with van der Waals surface area (Å²) in [5.74, 6) is -0.637. The van der Waals surface area contributed by atoms with Crippen LogP contribution in [0.4, 0.5) is 5.69 Å². The summed E-state index contributed by atoms with van der Waals surface area (Å²) >= 11 is 0. The standard InChI is InChI=1S/C13H18N2O5/c1-9(2)14-13(3,12(16)17)8-20-11-6-4-10(5-7-11)15(18)19/h4-7,9,14H,8H2,1-3H3,(H,16,17). The van der Waals surface area contributed by atoms with Gasteiger partial charge in [-0.05, 0) is 32.9 Å². The van der Waals surface area contributed by atoms with Gasteiger partial charge in [-0.3, -0.25) is 20.2 Å². The first-order valence-corrected chi connectivity index (χ1v) is 6.13. The zero-order chi connectivity index (χ0) is 15.3. The van der Waals surface area contributed by atoms with Crippen LogP contribution in [-0.2, 0) is 4.79 Å². The van der Waals surface area contributed by atoms with Crippen molar-refractivity contribution in [2.75, 3.05) is 6.61 Å². The largest absolute Gasteiger partial charge is 0.491 e. The predicted molar refractivity (Wildman–Crippen MR) is 72.9 cm³/mol. The number of hydrogen-bond acceptors (Lipinski definition) is 5. The lowest BCUT2D eigenvalue weighted by Gasteiger charge is -2.28. The van der Waals surface area contributed by atoms with E-state index < -0.39 is 16.4 Å². The Bertz CT molecular complexity index is 486. The first-order valence-electron chi connectivity index (χ1n) is 6.13. The molecule has 0 saturated heterocycles. The topological polar surface area (TPSA) is 102 Å². The Balaban J connectivity index is 2.72. The highest BCUT2D eigenvalue weighted by Crippen LogP contribution is 2.18. The molecule has 0 radical (unpaired) electrons. The number of nitrogens with one attached hydrogen (secondary N) is 1. The molecule has 1 unspecified atom stereocenters. The van der Waals surface area contributed by atoms with Crippen molar-refractivity contribution >= 4 is 11.7 Å². The fourth-order valence-electron chi connectivity index (χ4n) is 1.69. The summed E-state index contributed by atoms with van der Waals surface area (Å²) in [5, 5.41) is 22.7. The van der Waals surface area contributed by atoms with Crippen molar-refractivity contribution in [1.82, 2.24) is 5.32 Å². The minimum atomic E-state index is -1.23. The smallest absolute Gasteiger partial charge is 0.327 e. The number of nitro benzene ring substituents is 1. The van der Waals surface area contributed by atoms with Crippen LogP contribution in [0, 0.1) is 10.1 Å². The summed E-state index contributed by atoms with van der Waals surface area (Å²) in [4.78, 5) is 21.3. The maximum Gasteiger partial charge on any atom is 0.327 e. The monoisotopic (exact) mass is 282 g/mol. The van der Waals surface area contributed by atoms with E-state index in [-0.39, 0.29) is 18.3 Å². The molecule has 1 atom stereocenters. The van der Waals surface area contributed by atoms with Crippen molar-refractivity contribution < 1.29 is 19.6 Å². The Labute approximate surface area is 116 Å². The normalized spacial score (nSPS) is 13.8. The number of carboxylic acid groups (broad SMARTS) is 1. The van der Waals surface area contributed by atoms with Crippen LogP contribution in [0.3, 0.4) is 0 Å². The maximum absolute atomic E-state index is 11.3. The molecule has 0 aliphatic carbocycles. The Morgan fingerprint density at radius 3 is 2.40 bits per heavy atom. The van der Waals surface area contributed by atoms with Gasteiger partial charge in [-0.25, -0.2) is 0 Å². The molecule has 0 spiro atoms. The van der Waals surface area contributed by atoms with E-state index in [0.717, 1.165) is 0 Å². The lowest BCUT2D eigenvalue weighted by molar-refractivity contribution is -0.384. The number of carbonyl (C=O) groups is 1. The highest BCUT2D eigenvalue weighted by atomic mass is 16.6. The van der Waals surface area contributed by atoms with Gasteiger partial charge in [-0.15, -0.1) is 0 Å². The van der Waals surface area contributed by atoms with Gasteiger partial charge in [0.1, 0.15) is 17.9 Å². The number of hydrogen-bond donors (Lipinski definition) is 2. The third kappa shape index (κ3) is 4.20. The lowest BCUT2D eigenvalue weighted by Crippen LogP contribution is -2.56. The second kappa shape index (κ2) is 6.33. The molecule has 1 aromatic carbocycles. The molecule has 0 aromatic heterocycles. The molecule has 110 valence electrons. The molecule has 1 rings (SSSR count). The van der Waals surface area contributed by atoms with Crippen LogP contribution in [0.5, 0.6) is 5.75 Å². The van der Waals surface area contributed by atoms with Crippen molar-refractivity contribution in [3.8, 4) is 5.75 Å². The second-order valence-corrected chi connectivity index (χ2v) is 4.98. The molecular formula is C13H18N2O5. The van der Waals surface area contributed by atoms with Crippen molar-refractivity contribution in [3.63, 3.8) is 0 Å². The van der Waals surface area contributed by atoms with Crippen LogP contribution in [0.15, 0.2) is 24.3 Å². The first kappa shape index (κ1) is 15.9. The summed E-state index contributed by atoms with van der Waals surface area (Å²) in [7, 11) is 0. The average molecular weight is 282 g/mol. The fraction of sp³-hybridized carbons (Fsp3) is 0.462. The number of benzene rings is 1. The molecule has 1 aromatic rings. The average Bonchev–Trinajstić information content (AvgIpc) is 2.36. The van der Waals surface area contributed by atoms with E-state index >= 15 is 0 Å². The van der Waals surface area contributed by atoms with Crippen molar-refractivity contribution in [1.29, 1.82) is 0 Å². The SMILES string of the molecule is CC(C)NC(C)(COc1ccc([N+](=O)[O-])cc1)C(=O)O. The molecule has 2 N–H and O–H groups in total. The van der Waals surface area contributed by atoms with Gasteiger partial charge in [0.2, 0.25) is 0 Å². The number of nitro groups is 1. The van der Waals surface area contributed by atoms with Crippen LogP contribution in [0.25, 0.3) is 0 Å². The fourth-order valence-corrected chi connectivity index (χ4v) is 1.69. The number of rotatable bonds is 7. The maximum atomic E-state index is 11.3. The zero-order valence-corrected chi connectivity index (χ0v) is 11.6. The number of aliphatic carboxylic acids is 1. The van der Waals surface area contributed by atoms with E-state index in [2.05, 4.69) is 5.32 Å². The summed E-state index contributed by atoms with van der Waals surface area (Å²) in [5.41, 5.74) is -1.27. The summed E-state index contributed by atoms with van der Waals surface area (Å²) in [6.07, 6.45) is 0. The van der Waals surface area contributed by atoms with Gasteiger partial charge in [0.05, 0.1) is 4.92 Å². The molecule has 7 heteroatoms. The van der Waals surface area contributed by atoms with Crippen LogP contribution in [0.2, 0.25) is 0 Å². The van der Waals surface area contributed by atoms with E-state index in [1.807, 2.05) is 13.8 Å². The van der Waals surface area contributed by atoms with E-state index in [0.29, 0.717) is 5.75 Å². The Morgan fingerprint density at radius 1 is 1.45 bits per heavy atom. The Hall–Kier alpha value is -2.15. The Kier molecular flexibility index (Phi) is 5.04. The quantitative estimate of drug-likeness (QED) is 0.584. The Morgan fingerprint density at radius 2 is 2.00 bits per heavy atom. The van der Waals surface area contributed by atoms with Crippen molar-refractivity contribution in [2.24, 2.45) is 0 Å². The van der Waals surface area contributed by atoms with Gasteiger partial charge >= 0.3 is 5.97 Å². The highest BCUT2D eigenvalue weighted by molar-refractivity contribution is 5.78. The number of carboxylic acids is 1. The van der Waals surface area contributed by atoms with Crippen LogP contribution in [-0.4, -0.2) is 34.2 Å². The third-order valence-corrected chi connectivity index (χ3v) is 2.65. The predicted octanol–water partition coefficient (Wildman–Crippen LogP) is 1.81. The molecule has 0 aliphatic heterocycles. The van der Waals surface area contributed by atoms with Gasteiger partial charge in [0.25, 0.3) is 5.69 Å². The zero-order valence-electron chi connectivity index (χ0n) is 11.6. The van der Waals surface area contributed by atoms with E-state index in [4.69, 9.17) is 4.74 Å². The molecule has 20 heavy (non-hydrogen) atoms. The number of nitrogens with zero attached hydrogens (tertiary/aromatic N) is 1. The van der Waals surface area contributed by atoms with Gasteiger partial charge in [-0.1, -0.05) is 0 Å². The third-order valence-electron chi connectivity index (χ3n) is 2.65. The minimum Gasteiger partial charge on any atom is -0.491 e. The second-order valence-electron chi connectivity index (χ2n) is 4.98. The van der Waals surface area contributed by atoms with E-state index in [9.17, 15) is 20.0 Å². The van der Waals surface area contributed by atoms with Gasteiger partial charge in [0.15, 0.2) is 0 Å². The molecule has 0 aliphatic rings. The first-order chi connectivity index (χ1) is 9.24. The van der Waals surface area contributed by atoms with Crippen LogP contribution in [0.1, 0.15) is 20.8 Å². The van der Waals surface area contributed by atoms with Crippen molar-refractivity contribution in [3.05, 3.63) is 34.4 Å². The molecule has 0 fully saturated rings. The minimum absolute atomic E-state index is 0.0171. The van der Waals surface area contributed by atoms with Gasteiger partial charge in [0, 0.05) is 18.2 Å². The van der Waals surface area contributed by atoms with Gasteiger partial charge < -0.3 is 9.84 Å². The number of non-ortho nitro benzene ring substituents is 1. The van der Waals surface area contributed by atoms with E-state index in [1.165, 1.54) is 31.2 Å². The summed E-state index contributed by atoms with van der Waals surface area (Å²) < 4.78 is 5.40. The molecule has 0 heterocycles. The van der Waals surface area contributed by atoms with Crippen LogP contribution < -0.4 is 10.1 Å².